The van der Waals surface area contributed by atoms with Crippen LogP contribution in [-0.2, 0) is 10.2 Å². The van der Waals surface area contributed by atoms with Gasteiger partial charge in [-0.05, 0) is 44.1 Å². The van der Waals surface area contributed by atoms with Crippen LogP contribution in [0.1, 0.15) is 25.7 Å². The number of terminal acetylenes is 1. The quantitative estimate of drug-likeness (QED) is 0.711. The Balaban J connectivity index is 2.00. The van der Waals surface area contributed by atoms with Crippen LogP contribution in [0, 0.1) is 24.2 Å². The van der Waals surface area contributed by atoms with E-state index >= 15 is 0 Å². The van der Waals surface area contributed by atoms with E-state index in [1.54, 1.807) is 4.31 Å². The third-order valence-corrected chi connectivity index (χ3v) is 5.93. The second kappa shape index (κ2) is 6.23. The molecule has 0 aromatic heterocycles. The van der Waals surface area contributed by atoms with Gasteiger partial charge < -0.3 is 5.73 Å². The zero-order valence-electron chi connectivity index (χ0n) is 11.3. The van der Waals surface area contributed by atoms with E-state index in [4.69, 9.17) is 12.2 Å². The highest BCUT2D eigenvalue weighted by atomic mass is 32.2. The Hall–Kier alpha value is -0.610. The standard InChI is InChI=1S/C13H23N3O2S/c1-2-7-16(11-13-3-4-13)19(17,18)15-8-5-12(10-14)6-9-15/h1,12-13H,3-11,14H2. The molecule has 0 radical (unpaired) electrons. The van der Waals surface area contributed by atoms with Crippen molar-refractivity contribution in [2.75, 3.05) is 32.7 Å². The summed E-state index contributed by atoms with van der Waals surface area (Å²) >= 11 is 0. The monoisotopic (exact) mass is 285 g/mol. The van der Waals surface area contributed by atoms with E-state index in [-0.39, 0.29) is 6.54 Å². The van der Waals surface area contributed by atoms with Gasteiger partial charge in [-0.1, -0.05) is 5.92 Å². The highest BCUT2D eigenvalue weighted by Gasteiger charge is 2.35. The van der Waals surface area contributed by atoms with Crippen LogP contribution in [0.3, 0.4) is 0 Å². The molecule has 19 heavy (non-hydrogen) atoms. The first-order valence-electron chi connectivity index (χ1n) is 6.96. The predicted octanol–water partition coefficient (Wildman–Crippen LogP) is 0.247. The number of nitrogens with zero attached hydrogens (tertiary/aromatic N) is 2. The topological polar surface area (TPSA) is 66.6 Å². The van der Waals surface area contributed by atoms with E-state index in [2.05, 4.69) is 5.92 Å². The van der Waals surface area contributed by atoms with E-state index < -0.39 is 10.2 Å². The molecule has 5 nitrogen and oxygen atoms in total. The van der Waals surface area contributed by atoms with Gasteiger partial charge in [0.05, 0.1) is 6.54 Å². The summed E-state index contributed by atoms with van der Waals surface area (Å²) in [6.07, 6.45) is 9.24. The summed E-state index contributed by atoms with van der Waals surface area (Å²) in [6.45, 7) is 2.52. The summed E-state index contributed by atoms with van der Waals surface area (Å²) in [5.74, 6) is 3.43. The maximum Gasteiger partial charge on any atom is 0.282 e. The fourth-order valence-electron chi connectivity index (χ4n) is 2.47. The van der Waals surface area contributed by atoms with Crippen LogP contribution in [0.2, 0.25) is 0 Å². The summed E-state index contributed by atoms with van der Waals surface area (Å²) in [5.41, 5.74) is 5.63. The molecule has 1 saturated carbocycles. The van der Waals surface area contributed by atoms with Crippen molar-refractivity contribution in [1.29, 1.82) is 0 Å². The second-order valence-corrected chi connectivity index (χ2v) is 7.45. The van der Waals surface area contributed by atoms with Crippen LogP contribution >= 0.6 is 0 Å². The van der Waals surface area contributed by atoms with Crippen LogP contribution < -0.4 is 5.73 Å². The lowest BCUT2D eigenvalue weighted by Gasteiger charge is -2.34. The Morgan fingerprint density at radius 2 is 1.84 bits per heavy atom. The van der Waals surface area contributed by atoms with Crippen LogP contribution in [-0.4, -0.2) is 49.8 Å². The van der Waals surface area contributed by atoms with Gasteiger partial charge in [0.1, 0.15) is 0 Å². The van der Waals surface area contributed by atoms with E-state index in [1.807, 2.05) is 0 Å². The lowest BCUT2D eigenvalue weighted by molar-refractivity contribution is 0.259. The van der Waals surface area contributed by atoms with Crippen LogP contribution in [0.4, 0.5) is 0 Å². The van der Waals surface area contributed by atoms with Crippen molar-refractivity contribution < 1.29 is 8.42 Å². The maximum atomic E-state index is 12.6. The number of hydrogen-bond donors (Lipinski definition) is 1. The number of nitrogens with two attached hydrogens (primary N) is 1. The minimum atomic E-state index is -3.39. The van der Waals surface area contributed by atoms with Gasteiger partial charge in [0.2, 0.25) is 0 Å². The van der Waals surface area contributed by atoms with Gasteiger partial charge in [-0.15, -0.1) is 6.42 Å². The molecular weight excluding hydrogens is 262 g/mol. The Bertz CT molecular complexity index is 431. The van der Waals surface area contributed by atoms with Gasteiger partial charge in [0, 0.05) is 19.6 Å². The first kappa shape index (κ1) is 14.8. The van der Waals surface area contributed by atoms with Crippen molar-refractivity contribution >= 4 is 10.2 Å². The average molecular weight is 285 g/mol. The van der Waals surface area contributed by atoms with Crippen molar-refractivity contribution in [3.05, 3.63) is 0 Å². The largest absolute Gasteiger partial charge is 0.330 e. The summed E-state index contributed by atoms with van der Waals surface area (Å²) in [4.78, 5) is 0. The molecule has 2 aliphatic rings. The van der Waals surface area contributed by atoms with Gasteiger partial charge in [0.25, 0.3) is 10.2 Å². The Kier molecular flexibility index (Phi) is 4.85. The van der Waals surface area contributed by atoms with Gasteiger partial charge >= 0.3 is 0 Å². The molecule has 2 fully saturated rings. The molecule has 0 amide bonds. The molecule has 1 heterocycles. The lowest BCUT2D eigenvalue weighted by atomic mass is 9.99. The molecule has 0 aromatic rings. The van der Waals surface area contributed by atoms with Crippen LogP contribution in [0.15, 0.2) is 0 Å². The second-order valence-electron chi connectivity index (χ2n) is 5.53. The molecule has 6 heteroatoms. The average Bonchev–Trinajstić information content (AvgIpc) is 3.22. The lowest BCUT2D eigenvalue weighted by Crippen LogP contribution is -2.48. The first-order valence-corrected chi connectivity index (χ1v) is 8.36. The number of rotatable bonds is 6. The normalized spacial score (nSPS) is 22.6. The van der Waals surface area contributed by atoms with Gasteiger partial charge in [-0.3, -0.25) is 0 Å². The molecule has 0 bridgehead atoms. The fraction of sp³-hybridized carbons (Fsp3) is 0.846. The van der Waals surface area contributed by atoms with Crippen LogP contribution in [0.25, 0.3) is 0 Å². The Morgan fingerprint density at radius 3 is 2.32 bits per heavy atom. The maximum absolute atomic E-state index is 12.6. The van der Waals surface area contributed by atoms with Crippen LogP contribution in [0.5, 0.6) is 0 Å². The minimum Gasteiger partial charge on any atom is -0.330 e. The van der Waals surface area contributed by atoms with Gasteiger partial charge in [-0.2, -0.15) is 17.0 Å². The molecule has 108 valence electrons. The summed E-state index contributed by atoms with van der Waals surface area (Å²) < 4.78 is 28.2. The minimum absolute atomic E-state index is 0.176. The third kappa shape index (κ3) is 3.69. The van der Waals surface area contributed by atoms with E-state index in [9.17, 15) is 8.42 Å². The highest BCUT2D eigenvalue weighted by Crippen LogP contribution is 2.31. The smallest absolute Gasteiger partial charge is 0.282 e. The van der Waals surface area contributed by atoms with Crippen molar-refractivity contribution in [1.82, 2.24) is 8.61 Å². The summed E-state index contributed by atoms with van der Waals surface area (Å²) in [7, 11) is -3.39. The van der Waals surface area contributed by atoms with Crippen molar-refractivity contribution in [3.63, 3.8) is 0 Å². The van der Waals surface area contributed by atoms with E-state index in [0.29, 0.717) is 38.0 Å². The van der Waals surface area contributed by atoms with Gasteiger partial charge in [0.15, 0.2) is 0 Å². The van der Waals surface area contributed by atoms with E-state index in [1.165, 1.54) is 4.31 Å². The predicted molar refractivity (Wildman–Crippen MR) is 75.4 cm³/mol. The molecule has 1 aliphatic carbocycles. The zero-order valence-corrected chi connectivity index (χ0v) is 12.1. The number of hydrogen-bond acceptors (Lipinski definition) is 3. The molecular formula is C13H23N3O2S. The Morgan fingerprint density at radius 1 is 1.21 bits per heavy atom. The first-order chi connectivity index (χ1) is 9.07. The zero-order chi connectivity index (χ0) is 13.9. The Labute approximate surface area is 116 Å². The van der Waals surface area contributed by atoms with Crippen molar-refractivity contribution in [2.24, 2.45) is 17.6 Å². The molecule has 2 N–H and O–H groups in total. The molecule has 1 aliphatic heterocycles. The molecule has 0 unspecified atom stereocenters. The highest BCUT2D eigenvalue weighted by molar-refractivity contribution is 7.86. The molecule has 0 atom stereocenters. The number of piperidine rings is 1. The van der Waals surface area contributed by atoms with Crippen molar-refractivity contribution in [3.8, 4) is 12.3 Å². The van der Waals surface area contributed by atoms with E-state index in [0.717, 1.165) is 25.7 Å². The SMILES string of the molecule is C#CCN(CC1CC1)S(=O)(=O)N1CCC(CN)CC1. The molecule has 0 spiro atoms. The molecule has 1 saturated heterocycles. The third-order valence-electron chi connectivity index (χ3n) is 3.99. The molecule has 0 aromatic carbocycles. The summed E-state index contributed by atoms with van der Waals surface area (Å²) in [6, 6.07) is 0. The molecule has 2 rings (SSSR count). The fourth-order valence-corrected chi connectivity index (χ4v) is 4.11. The van der Waals surface area contributed by atoms with Crippen molar-refractivity contribution in [2.45, 2.75) is 25.7 Å². The van der Waals surface area contributed by atoms with Gasteiger partial charge in [-0.25, -0.2) is 0 Å². The summed E-state index contributed by atoms with van der Waals surface area (Å²) in [5, 5.41) is 0.